The number of ether oxygens (including phenoxy) is 2. The number of carbonyl (C=O) groups excluding carboxylic acids is 2. The second-order valence-electron chi connectivity index (χ2n) is 7.34. The molecule has 2 aromatic rings. The fourth-order valence-electron chi connectivity index (χ4n) is 3.65. The highest BCUT2D eigenvalue weighted by Crippen LogP contribution is 2.38. The maximum atomic E-state index is 13.0. The number of amides is 2. The van der Waals surface area contributed by atoms with Gasteiger partial charge in [-0.3, -0.25) is 9.59 Å². The van der Waals surface area contributed by atoms with Crippen molar-refractivity contribution in [3.63, 3.8) is 0 Å². The number of nitrogens with zero attached hydrogens (tertiary/aromatic N) is 2. The van der Waals surface area contributed by atoms with Crippen molar-refractivity contribution in [2.24, 2.45) is 0 Å². The maximum Gasteiger partial charge on any atom is 0.227 e. The molecule has 30 heavy (non-hydrogen) atoms. The molecule has 158 valence electrons. The summed E-state index contributed by atoms with van der Waals surface area (Å²) in [5.41, 5.74) is 1.54. The molecule has 6 nitrogen and oxygen atoms in total. The van der Waals surface area contributed by atoms with E-state index in [4.69, 9.17) is 21.1 Å². The van der Waals surface area contributed by atoms with Crippen LogP contribution in [0.25, 0.3) is 0 Å². The topological polar surface area (TPSA) is 59.1 Å². The van der Waals surface area contributed by atoms with Gasteiger partial charge in [0.05, 0.1) is 17.9 Å². The third-order valence-electron chi connectivity index (χ3n) is 5.27. The minimum absolute atomic E-state index is 0.0200. The zero-order valence-corrected chi connectivity index (χ0v) is 17.2. The van der Waals surface area contributed by atoms with Crippen LogP contribution in [0.1, 0.15) is 11.1 Å². The van der Waals surface area contributed by atoms with Gasteiger partial charge in [-0.15, -0.1) is 0 Å². The highest BCUT2D eigenvalue weighted by atomic mass is 35.5. The molecular weight excluding hydrogens is 411 g/mol. The lowest BCUT2D eigenvalue weighted by Gasteiger charge is -2.35. The lowest BCUT2D eigenvalue weighted by molar-refractivity contribution is -0.138. The van der Waals surface area contributed by atoms with Crippen molar-refractivity contribution in [2.75, 3.05) is 39.4 Å². The summed E-state index contributed by atoms with van der Waals surface area (Å²) in [6, 6.07) is 9.46. The van der Waals surface area contributed by atoms with Crippen LogP contribution in [0, 0.1) is 5.82 Å². The zero-order valence-electron chi connectivity index (χ0n) is 16.4. The minimum atomic E-state index is -0.322. The molecule has 4 rings (SSSR count). The summed E-state index contributed by atoms with van der Waals surface area (Å²) in [6.45, 7) is 2.82. The average Bonchev–Trinajstić information content (AvgIpc) is 2.75. The molecule has 2 amide bonds. The Morgan fingerprint density at radius 3 is 2.07 bits per heavy atom. The highest BCUT2D eigenvalue weighted by Gasteiger charge is 2.25. The highest BCUT2D eigenvalue weighted by molar-refractivity contribution is 6.32. The van der Waals surface area contributed by atoms with Gasteiger partial charge in [-0.1, -0.05) is 23.7 Å². The minimum Gasteiger partial charge on any atom is -0.486 e. The summed E-state index contributed by atoms with van der Waals surface area (Å²) in [5.74, 6) is 0.721. The summed E-state index contributed by atoms with van der Waals surface area (Å²) < 4.78 is 24.1. The molecule has 2 aliphatic heterocycles. The molecule has 0 spiro atoms. The van der Waals surface area contributed by atoms with Crippen molar-refractivity contribution < 1.29 is 23.5 Å². The van der Waals surface area contributed by atoms with Gasteiger partial charge < -0.3 is 19.3 Å². The van der Waals surface area contributed by atoms with Gasteiger partial charge in [0, 0.05) is 26.2 Å². The number of carbonyl (C=O) groups is 2. The average molecular weight is 433 g/mol. The standard InChI is InChI=1S/C22H22ClFN2O4/c23-18-11-16(12-19-22(18)30-10-9-29-19)14-21(28)26-7-5-25(6-8-26)20(27)13-15-1-3-17(24)4-2-15/h1-4,11-12H,5-10,13-14H2. The summed E-state index contributed by atoms with van der Waals surface area (Å²) in [5, 5.41) is 0.436. The normalized spacial score (nSPS) is 15.8. The smallest absolute Gasteiger partial charge is 0.227 e. The van der Waals surface area contributed by atoms with E-state index >= 15 is 0 Å². The number of rotatable bonds is 4. The van der Waals surface area contributed by atoms with Crippen molar-refractivity contribution in [3.8, 4) is 11.5 Å². The van der Waals surface area contributed by atoms with Gasteiger partial charge in [-0.05, 0) is 35.4 Å². The van der Waals surface area contributed by atoms with Gasteiger partial charge in [0.15, 0.2) is 11.5 Å². The van der Waals surface area contributed by atoms with E-state index in [0.29, 0.717) is 55.9 Å². The number of hydrogen-bond acceptors (Lipinski definition) is 4. The van der Waals surface area contributed by atoms with Crippen LogP contribution in [0.15, 0.2) is 36.4 Å². The summed E-state index contributed by atoms with van der Waals surface area (Å²) in [4.78, 5) is 28.7. The van der Waals surface area contributed by atoms with Crippen molar-refractivity contribution in [1.82, 2.24) is 9.80 Å². The van der Waals surface area contributed by atoms with E-state index in [1.807, 2.05) is 0 Å². The van der Waals surface area contributed by atoms with Gasteiger partial charge >= 0.3 is 0 Å². The Labute approximate surface area is 179 Å². The van der Waals surface area contributed by atoms with Gasteiger partial charge in [-0.25, -0.2) is 4.39 Å². The second-order valence-corrected chi connectivity index (χ2v) is 7.75. The summed E-state index contributed by atoms with van der Waals surface area (Å²) in [6.07, 6.45) is 0.434. The third kappa shape index (κ3) is 4.67. The molecule has 1 fully saturated rings. The van der Waals surface area contributed by atoms with Gasteiger partial charge in [0.2, 0.25) is 11.8 Å². The number of halogens is 2. The fourth-order valence-corrected chi connectivity index (χ4v) is 3.93. The number of hydrogen-bond donors (Lipinski definition) is 0. The van der Waals surface area contributed by atoms with Crippen LogP contribution in [0.3, 0.4) is 0 Å². The van der Waals surface area contributed by atoms with Crippen LogP contribution < -0.4 is 9.47 Å². The molecule has 8 heteroatoms. The third-order valence-corrected chi connectivity index (χ3v) is 5.55. The van der Waals surface area contributed by atoms with Gasteiger partial charge in [-0.2, -0.15) is 0 Å². The molecule has 2 aromatic carbocycles. The summed E-state index contributed by atoms with van der Waals surface area (Å²) in [7, 11) is 0. The molecule has 2 aliphatic rings. The predicted octanol–water partition coefficient (Wildman–Crippen LogP) is 2.71. The first-order chi connectivity index (χ1) is 14.5. The van der Waals surface area contributed by atoms with E-state index in [0.717, 1.165) is 11.1 Å². The molecule has 0 saturated carbocycles. The molecule has 2 heterocycles. The molecule has 0 atom stereocenters. The number of piperazine rings is 1. The molecule has 1 saturated heterocycles. The first-order valence-corrected chi connectivity index (χ1v) is 10.3. The predicted molar refractivity (Wildman–Crippen MR) is 109 cm³/mol. The Bertz CT molecular complexity index is 943. The first kappa shape index (κ1) is 20.5. The summed E-state index contributed by atoms with van der Waals surface area (Å²) >= 11 is 6.25. The van der Waals surface area contributed by atoms with Crippen LogP contribution >= 0.6 is 11.6 Å². The van der Waals surface area contributed by atoms with Crippen molar-refractivity contribution in [1.29, 1.82) is 0 Å². The molecule has 0 radical (unpaired) electrons. The lowest BCUT2D eigenvalue weighted by atomic mass is 10.1. The lowest BCUT2D eigenvalue weighted by Crippen LogP contribution is -2.51. The quantitative estimate of drug-likeness (QED) is 0.745. The second kappa shape index (κ2) is 8.92. The Morgan fingerprint density at radius 1 is 0.867 bits per heavy atom. The van der Waals surface area contributed by atoms with E-state index in [2.05, 4.69) is 0 Å². The van der Waals surface area contributed by atoms with Crippen LogP contribution in [0.2, 0.25) is 5.02 Å². The molecule has 0 aromatic heterocycles. The van der Waals surface area contributed by atoms with Gasteiger partial charge in [0.1, 0.15) is 19.0 Å². The van der Waals surface area contributed by atoms with Crippen LogP contribution in [-0.4, -0.2) is 61.0 Å². The van der Waals surface area contributed by atoms with E-state index < -0.39 is 0 Å². The Balaban J connectivity index is 1.30. The molecule has 0 N–H and O–H groups in total. The Morgan fingerprint density at radius 2 is 1.43 bits per heavy atom. The van der Waals surface area contributed by atoms with Gasteiger partial charge in [0.25, 0.3) is 0 Å². The van der Waals surface area contributed by atoms with Crippen molar-refractivity contribution in [3.05, 3.63) is 58.4 Å². The molecule has 0 aliphatic carbocycles. The van der Waals surface area contributed by atoms with E-state index in [-0.39, 0.29) is 30.5 Å². The molecule has 0 unspecified atom stereocenters. The van der Waals surface area contributed by atoms with Crippen molar-refractivity contribution >= 4 is 23.4 Å². The van der Waals surface area contributed by atoms with Crippen LogP contribution in [-0.2, 0) is 22.4 Å². The number of fused-ring (bicyclic) bond motifs is 1. The van der Waals surface area contributed by atoms with E-state index in [1.165, 1.54) is 12.1 Å². The molecular formula is C22H22ClFN2O4. The van der Waals surface area contributed by atoms with E-state index in [9.17, 15) is 14.0 Å². The monoisotopic (exact) mass is 432 g/mol. The van der Waals surface area contributed by atoms with Crippen LogP contribution in [0.5, 0.6) is 11.5 Å². The first-order valence-electron chi connectivity index (χ1n) is 9.87. The van der Waals surface area contributed by atoms with E-state index in [1.54, 1.807) is 34.1 Å². The number of benzene rings is 2. The fraction of sp³-hybridized carbons (Fsp3) is 0.364. The largest absolute Gasteiger partial charge is 0.486 e. The Kier molecular flexibility index (Phi) is 6.08. The Hall–Kier alpha value is -2.80. The van der Waals surface area contributed by atoms with Crippen molar-refractivity contribution in [2.45, 2.75) is 12.8 Å². The molecule has 0 bridgehead atoms. The SMILES string of the molecule is O=C(Cc1ccc(F)cc1)N1CCN(C(=O)Cc2cc(Cl)c3c(c2)OCCO3)CC1. The zero-order chi connectivity index (χ0) is 21.1. The maximum absolute atomic E-state index is 13.0. The van der Waals surface area contributed by atoms with Crippen LogP contribution in [0.4, 0.5) is 4.39 Å².